The van der Waals surface area contributed by atoms with Crippen molar-refractivity contribution in [2.45, 2.75) is 57.1 Å². The van der Waals surface area contributed by atoms with Gasteiger partial charge in [-0.15, -0.1) is 11.3 Å². The summed E-state index contributed by atoms with van der Waals surface area (Å²) < 4.78 is 6.16. The third kappa shape index (κ3) is 2.49. The molecule has 1 aliphatic carbocycles. The van der Waals surface area contributed by atoms with Gasteiger partial charge < -0.3 is 10.1 Å². The first kappa shape index (κ1) is 12.6. The third-order valence-corrected chi connectivity index (χ3v) is 5.70. The van der Waals surface area contributed by atoms with Gasteiger partial charge in [0.1, 0.15) is 6.10 Å². The first-order valence-electron chi connectivity index (χ1n) is 7.27. The van der Waals surface area contributed by atoms with Crippen LogP contribution in [0.3, 0.4) is 0 Å². The second-order valence-electron chi connectivity index (χ2n) is 5.68. The lowest BCUT2D eigenvalue weighted by atomic mass is 9.81. The van der Waals surface area contributed by atoms with Crippen LogP contribution in [0.5, 0.6) is 0 Å². The molecule has 1 unspecified atom stereocenters. The highest BCUT2D eigenvalue weighted by molar-refractivity contribution is 7.12. The maximum Gasteiger partial charge on any atom is 0.104 e. The van der Waals surface area contributed by atoms with E-state index in [9.17, 15) is 0 Å². The summed E-state index contributed by atoms with van der Waals surface area (Å²) in [6, 6.07) is 4.49. The number of rotatable bonds is 2. The Morgan fingerprint density at radius 2 is 2.17 bits per heavy atom. The molecule has 1 saturated carbocycles. The van der Waals surface area contributed by atoms with Crippen molar-refractivity contribution in [2.24, 2.45) is 0 Å². The molecule has 3 rings (SSSR count). The van der Waals surface area contributed by atoms with E-state index in [2.05, 4.69) is 24.4 Å². The van der Waals surface area contributed by atoms with Gasteiger partial charge in [-0.1, -0.05) is 26.2 Å². The number of hydrogen-bond acceptors (Lipinski definition) is 3. The van der Waals surface area contributed by atoms with Crippen molar-refractivity contribution < 1.29 is 4.74 Å². The molecule has 1 saturated heterocycles. The SMILES string of the molecule is CCc1ccc(C2CNC3(CCCCC3)CO2)s1. The minimum atomic E-state index is 0.280. The van der Waals surface area contributed by atoms with Crippen molar-refractivity contribution in [3.8, 4) is 0 Å². The summed E-state index contributed by atoms with van der Waals surface area (Å²) in [5, 5.41) is 3.79. The highest BCUT2D eigenvalue weighted by Gasteiger charge is 2.37. The van der Waals surface area contributed by atoms with Crippen LogP contribution in [-0.2, 0) is 11.2 Å². The zero-order valence-electron chi connectivity index (χ0n) is 11.2. The molecule has 1 aromatic rings. The van der Waals surface area contributed by atoms with Crippen LogP contribution in [0, 0.1) is 0 Å². The van der Waals surface area contributed by atoms with E-state index in [0.717, 1.165) is 19.6 Å². The maximum atomic E-state index is 6.16. The molecule has 2 nitrogen and oxygen atoms in total. The molecule has 0 aromatic carbocycles. The Labute approximate surface area is 114 Å². The number of ether oxygens (including phenoxy) is 1. The van der Waals surface area contributed by atoms with E-state index in [-0.39, 0.29) is 6.10 Å². The highest BCUT2D eigenvalue weighted by Crippen LogP contribution is 2.35. The van der Waals surface area contributed by atoms with Crippen molar-refractivity contribution in [1.29, 1.82) is 0 Å². The van der Waals surface area contributed by atoms with Gasteiger partial charge in [-0.2, -0.15) is 0 Å². The lowest BCUT2D eigenvalue weighted by Gasteiger charge is -2.43. The molecule has 0 radical (unpaired) electrons. The Morgan fingerprint density at radius 3 is 2.78 bits per heavy atom. The quantitative estimate of drug-likeness (QED) is 0.881. The first-order chi connectivity index (χ1) is 8.81. The Morgan fingerprint density at radius 1 is 1.33 bits per heavy atom. The van der Waals surface area contributed by atoms with E-state index >= 15 is 0 Å². The van der Waals surface area contributed by atoms with E-state index < -0.39 is 0 Å². The van der Waals surface area contributed by atoms with E-state index in [4.69, 9.17) is 4.74 Å². The molecule has 2 aliphatic rings. The van der Waals surface area contributed by atoms with E-state index in [1.54, 1.807) is 0 Å². The number of nitrogens with one attached hydrogen (secondary N) is 1. The van der Waals surface area contributed by atoms with Crippen molar-refractivity contribution in [3.05, 3.63) is 21.9 Å². The number of hydrogen-bond donors (Lipinski definition) is 1. The molecule has 0 amide bonds. The lowest BCUT2D eigenvalue weighted by Crippen LogP contribution is -2.55. The summed E-state index contributed by atoms with van der Waals surface area (Å²) in [6.07, 6.45) is 8.13. The van der Waals surface area contributed by atoms with Crippen molar-refractivity contribution >= 4 is 11.3 Å². The Kier molecular flexibility index (Phi) is 3.73. The molecule has 3 heteroatoms. The average Bonchev–Trinajstić information content (AvgIpc) is 2.89. The molecule has 1 spiro atoms. The fourth-order valence-corrected chi connectivity index (χ4v) is 4.17. The van der Waals surface area contributed by atoms with Crippen LogP contribution in [0.2, 0.25) is 0 Å². The van der Waals surface area contributed by atoms with Gasteiger partial charge in [0, 0.05) is 21.8 Å². The fraction of sp³-hybridized carbons (Fsp3) is 0.733. The van der Waals surface area contributed by atoms with Crippen LogP contribution in [-0.4, -0.2) is 18.7 Å². The predicted octanol–water partition coefficient (Wildman–Crippen LogP) is 3.67. The fourth-order valence-electron chi connectivity index (χ4n) is 3.17. The van der Waals surface area contributed by atoms with Crippen LogP contribution in [0.15, 0.2) is 12.1 Å². The Hall–Kier alpha value is -0.380. The molecule has 1 atom stereocenters. The van der Waals surface area contributed by atoms with Gasteiger partial charge in [-0.3, -0.25) is 0 Å². The standard InChI is InChI=1S/C15H23NOS/c1-2-12-6-7-14(18-12)13-10-16-15(11-17-13)8-4-3-5-9-15/h6-7,13,16H,2-5,8-11H2,1H3. The van der Waals surface area contributed by atoms with Crippen molar-refractivity contribution in [2.75, 3.05) is 13.2 Å². The molecule has 2 heterocycles. The van der Waals surface area contributed by atoms with Gasteiger partial charge in [0.2, 0.25) is 0 Å². The molecule has 1 aliphatic heterocycles. The molecule has 2 fully saturated rings. The van der Waals surface area contributed by atoms with Crippen molar-refractivity contribution in [3.63, 3.8) is 0 Å². The minimum Gasteiger partial charge on any atom is -0.369 e. The van der Waals surface area contributed by atoms with Crippen LogP contribution in [0.25, 0.3) is 0 Å². The second-order valence-corrected chi connectivity index (χ2v) is 6.88. The van der Waals surface area contributed by atoms with Crippen LogP contribution in [0.1, 0.15) is 54.9 Å². The summed E-state index contributed by atoms with van der Waals surface area (Å²) >= 11 is 1.91. The molecular formula is C15H23NOS. The first-order valence-corrected chi connectivity index (χ1v) is 8.08. The van der Waals surface area contributed by atoms with E-state index in [1.807, 2.05) is 11.3 Å². The summed E-state index contributed by atoms with van der Waals surface area (Å²) in [5.74, 6) is 0. The molecule has 1 N–H and O–H groups in total. The smallest absolute Gasteiger partial charge is 0.104 e. The normalized spacial score (nSPS) is 27.5. The zero-order chi connectivity index (χ0) is 12.4. The molecule has 0 bridgehead atoms. The maximum absolute atomic E-state index is 6.16. The minimum absolute atomic E-state index is 0.280. The highest BCUT2D eigenvalue weighted by atomic mass is 32.1. The third-order valence-electron chi connectivity index (χ3n) is 4.38. The summed E-state index contributed by atoms with van der Waals surface area (Å²) in [7, 11) is 0. The molecule has 100 valence electrons. The Bertz CT molecular complexity index is 385. The van der Waals surface area contributed by atoms with E-state index in [0.29, 0.717) is 5.54 Å². The summed E-state index contributed by atoms with van der Waals surface area (Å²) in [5.41, 5.74) is 0.305. The molecule has 1 aromatic heterocycles. The number of thiophene rings is 1. The number of aryl methyl sites for hydroxylation is 1. The zero-order valence-corrected chi connectivity index (χ0v) is 12.0. The topological polar surface area (TPSA) is 21.3 Å². The largest absolute Gasteiger partial charge is 0.369 e. The van der Waals surface area contributed by atoms with E-state index in [1.165, 1.54) is 41.9 Å². The summed E-state index contributed by atoms with van der Waals surface area (Å²) in [4.78, 5) is 2.86. The Balaban J connectivity index is 1.62. The number of morpholine rings is 1. The van der Waals surface area contributed by atoms with Crippen LogP contribution >= 0.6 is 11.3 Å². The van der Waals surface area contributed by atoms with Gasteiger partial charge in [0.15, 0.2) is 0 Å². The average molecular weight is 265 g/mol. The second kappa shape index (κ2) is 5.32. The van der Waals surface area contributed by atoms with Gasteiger partial charge in [0.05, 0.1) is 6.61 Å². The summed E-state index contributed by atoms with van der Waals surface area (Å²) in [6.45, 7) is 4.10. The van der Waals surface area contributed by atoms with Crippen molar-refractivity contribution in [1.82, 2.24) is 5.32 Å². The monoisotopic (exact) mass is 265 g/mol. The lowest BCUT2D eigenvalue weighted by molar-refractivity contribution is -0.0451. The van der Waals surface area contributed by atoms with Gasteiger partial charge in [0.25, 0.3) is 0 Å². The predicted molar refractivity (Wildman–Crippen MR) is 76.2 cm³/mol. The van der Waals surface area contributed by atoms with Crippen LogP contribution in [0.4, 0.5) is 0 Å². The van der Waals surface area contributed by atoms with Gasteiger partial charge in [-0.25, -0.2) is 0 Å². The van der Waals surface area contributed by atoms with Gasteiger partial charge >= 0.3 is 0 Å². The molecule has 18 heavy (non-hydrogen) atoms. The molecular weight excluding hydrogens is 242 g/mol. The van der Waals surface area contributed by atoms with Crippen LogP contribution < -0.4 is 5.32 Å². The van der Waals surface area contributed by atoms with Gasteiger partial charge in [-0.05, 0) is 31.4 Å².